The summed E-state index contributed by atoms with van der Waals surface area (Å²) in [7, 11) is 0. The summed E-state index contributed by atoms with van der Waals surface area (Å²) in [5.41, 5.74) is 2.67. The van der Waals surface area contributed by atoms with E-state index in [9.17, 15) is 10.5 Å². The van der Waals surface area contributed by atoms with Gasteiger partial charge in [0.25, 0.3) is 0 Å². The minimum atomic E-state index is 0.507. The Morgan fingerprint density at radius 1 is 1.09 bits per heavy atom. The van der Waals surface area contributed by atoms with Gasteiger partial charge >= 0.3 is 0 Å². The number of thioether (sulfide) groups is 1. The van der Waals surface area contributed by atoms with E-state index in [0.29, 0.717) is 22.6 Å². The van der Waals surface area contributed by atoms with E-state index in [4.69, 9.17) is 0 Å². The number of rotatable bonds is 2. The molecular formula is C18H16N4S. The molecule has 0 amide bonds. The lowest BCUT2D eigenvalue weighted by Gasteiger charge is -2.32. The van der Waals surface area contributed by atoms with Crippen LogP contribution in [0.3, 0.4) is 0 Å². The van der Waals surface area contributed by atoms with E-state index in [1.807, 2.05) is 41.5 Å². The van der Waals surface area contributed by atoms with Gasteiger partial charge in [0.15, 0.2) is 0 Å². The Labute approximate surface area is 140 Å². The van der Waals surface area contributed by atoms with Crippen LogP contribution in [0.5, 0.6) is 0 Å². The number of nitrogens with zero attached hydrogens (tertiary/aromatic N) is 4. The average molecular weight is 320 g/mol. The van der Waals surface area contributed by atoms with Gasteiger partial charge in [0, 0.05) is 18.7 Å². The molecule has 0 aromatic heterocycles. The minimum Gasteiger partial charge on any atom is -0.319 e. The van der Waals surface area contributed by atoms with Gasteiger partial charge in [0.2, 0.25) is 0 Å². The number of nitriles is 2. The molecule has 2 heterocycles. The van der Waals surface area contributed by atoms with E-state index in [1.54, 1.807) is 11.8 Å². The summed E-state index contributed by atoms with van der Waals surface area (Å²) >= 11 is 1.54. The van der Waals surface area contributed by atoms with Crippen LogP contribution in [0.15, 0.2) is 51.5 Å². The molecule has 2 aliphatic rings. The molecule has 5 heteroatoms. The molecule has 0 aliphatic carbocycles. The van der Waals surface area contributed by atoms with Crippen molar-refractivity contribution in [2.45, 2.75) is 12.8 Å². The van der Waals surface area contributed by atoms with Crippen LogP contribution in [0.4, 0.5) is 0 Å². The summed E-state index contributed by atoms with van der Waals surface area (Å²) in [6.07, 6.45) is 3.98. The zero-order chi connectivity index (χ0) is 16.2. The van der Waals surface area contributed by atoms with E-state index in [2.05, 4.69) is 17.1 Å². The molecule has 1 aromatic carbocycles. The zero-order valence-electron chi connectivity index (χ0n) is 12.9. The molecule has 0 unspecified atom stereocenters. The smallest absolute Gasteiger partial charge is 0.147 e. The topological polar surface area (TPSA) is 63.2 Å². The molecule has 0 fully saturated rings. The SMILES string of the molecule is CSC1=C(C#N)C(c2ccccc2)=C(C#N)C2=NCCCCN21. The van der Waals surface area contributed by atoms with Gasteiger partial charge in [0.1, 0.15) is 23.5 Å². The maximum absolute atomic E-state index is 9.77. The molecule has 114 valence electrons. The van der Waals surface area contributed by atoms with Crippen LogP contribution in [0, 0.1) is 22.7 Å². The van der Waals surface area contributed by atoms with Crippen LogP contribution in [-0.4, -0.2) is 30.1 Å². The first-order valence-electron chi connectivity index (χ1n) is 7.52. The summed E-state index contributed by atoms with van der Waals surface area (Å²) in [4.78, 5) is 6.69. The molecule has 3 rings (SSSR count). The molecule has 0 saturated carbocycles. The van der Waals surface area contributed by atoms with E-state index >= 15 is 0 Å². The quantitative estimate of drug-likeness (QED) is 0.835. The summed E-state index contributed by atoms with van der Waals surface area (Å²) in [5, 5.41) is 20.4. The normalized spacial score (nSPS) is 17.9. The second-order valence-corrected chi connectivity index (χ2v) is 6.08. The number of benzene rings is 1. The van der Waals surface area contributed by atoms with Gasteiger partial charge in [-0.2, -0.15) is 10.5 Å². The summed E-state index contributed by atoms with van der Waals surface area (Å²) in [5.74, 6) is 0.715. The first-order valence-corrected chi connectivity index (χ1v) is 8.75. The molecule has 0 atom stereocenters. The Hall–Kier alpha value is -2.50. The Morgan fingerprint density at radius 3 is 2.48 bits per heavy atom. The summed E-state index contributed by atoms with van der Waals surface area (Å²) < 4.78 is 0. The Bertz CT molecular complexity index is 791. The lowest BCUT2D eigenvalue weighted by atomic mass is 9.91. The number of hydrogen-bond donors (Lipinski definition) is 0. The number of amidine groups is 1. The van der Waals surface area contributed by atoms with Crippen molar-refractivity contribution in [3.05, 3.63) is 52.1 Å². The fourth-order valence-electron chi connectivity index (χ4n) is 2.96. The number of fused-ring (bicyclic) bond motifs is 1. The largest absolute Gasteiger partial charge is 0.319 e. The standard InChI is InChI=1S/C18H16N4S/c1-23-18-15(12-20)16(13-7-3-2-4-8-13)14(11-19)17-21-9-5-6-10-22(17)18/h2-4,7-8H,5-6,9-10H2,1H3. The number of aliphatic imine (C=N–C) groups is 1. The molecule has 2 aliphatic heterocycles. The van der Waals surface area contributed by atoms with Crippen molar-refractivity contribution in [3.63, 3.8) is 0 Å². The van der Waals surface area contributed by atoms with Gasteiger partial charge in [-0.05, 0) is 24.7 Å². The fraction of sp³-hybridized carbons (Fsp3) is 0.278. The van der Waals surface area contributed by atoms with Crippen LogP contribution < -0.4 is 0 Å². The molecule has 0 radical (unpaired) electrons. The first kappa shape index (κ1) is 15.4. The van der Waals surface area contributed by atoms with E-state index in [-0.39, 0.29) is 0 Å². The maximum Gasteiger partial charge on any atom is 0.147 e. The van der Waals surface area contributed by atoms with Crippen LogP contribution in [0.1, 0.15) is 18.4 Å². The predicted octanol–water partition coefficient (Wildman–Crippen LogP) is 3.57. The molecule has 0 saturated heterocycles. The van der Waals surface area contributed by atoms with Gasteiger partial charge in [-0.1, -0.05) is 30.3 Å². The third-order valence-corrected chi connectivity index (χ3v) is 4.78. The van der Waals surface area contributed by atoms with Gasteiger partial charge in [-0.15, -0.1) is 11.8 Å². The zero-order valence-corrected chi connectivity index (χ0v) is 13.7. The van der Waals surface area contributed by atoms with Crippen molar-refractivity contribution < 1.29 is 0 Å². The highest BCUT2D eigenvalue weighted by Gasteiger charge is 2.33. The number of hydrogen-bond acceptors (Lipinski definition) is 5. The maximum atomic E-state index is 9.77. The van der Waals surface area contributed by atoms with Crippen molar-refractivity contribution in [2.24, 2.45) is 4.99 Å². The van der Waals surface area contributed by atoms with Crippen LogP contribution in [0.2, 0.25) is 0 Å². The molecule has 0 spiro atoms. The van der Waals surface area contributed by atoms with Gasteiger partial charge in [0.05, 0.1) is 10.6 Å². The molecule has 0 N–H and O–H groups in total. The fourth-order valence-corrected chi connectivity index (χ4v) is 3.71. The van der Waals surface area contributed by atoms with E-state index in [0.717, 1.165) is 36.5 Å². The molecule has 1 aromatic rings. The average Bonchev–Trinajstić information content (AvgIpc) is 2.86. The highest BCUT2D eigenvalue weighted by molar-refractivity contribution is 8.02. The summed E-state index contributed by atoms with van der Waals surface area (Å²) in [6, 6.07) is 14.3. The minimum absolute atomic E-state index is 0.507. The lowest BCUT2D eigenvalue weighted by molar-refractivity contribution is 0.528. The van der Waals surface area contributed by atoms with Gasteiger partial charge in [-0.3, -0.25) is 4.99 Å². The third-order valence-electron chi connectivity index (χ3n) is 3.97. The molecule has 23 heavy (non-hydrogen) atoms. The number of allylic oxidation sites excluding steroid dienone is 2. The first-order chi connectivity index (χ1) is 11.3. The summed E-state index contributed by atoms with van der Waals surface area (Å²) in [6.45, 7) is 1.52. The van der Waals surface area contributed by atoms with E-state index < -0.39 is 0 Å². The lowest BCUT2D eigenvalue weighted by Crippen LogP contribution is -2.35. The van der Waals surface area contributed by atoms with Gasteiger partial charge < -0.3 is 4.90 Å². The van der Waals surface area contributed by atoms with Crippen LogP contribution >= 0.6 is 11.8 Å². The highest BCUT2D eigenvalue weighted by atomic mass is 32.2. The van der Waals surface area contributed by atoms with Crippen LogP contribution in [0.25, 0.3) is 5.57 Å². The van der Waals surface area contributed by atoms with Crippen molar-refractivity contribution >= 4 is 23.2 Å². The second-order valence-electron chi connectivity index (χ2n) is 5.29. The molecule has 0 bridgehead atoms. The molecular weight excluding hydrogens is 304 g/mol. The highest BCUT2D eigenvalue weighted by Crippen LogP contribution is 2.39. The van der Waals surface area contributed by atoms with Gasteiger partial charge in [-0.25, -0.2) is 0 Å². The van der Waals surface area contributed by atoms with Crippen molar-refractivity contribution in [1.29, 1.82) is 10.5 Å². The van der Waals surface area contributed by atoms with Crippen molar-refractivity contribution in [2.75, 3.05) is 19.3 Å². The molecule has 4 nitrogen and oxygen atoms in total. The monoisotopic (exact) mass is 320 g/mol. The Kier molecular flexibility index (Phi) is 4.50. The van der Waals surface area contributed by atoms with Crippen LogP contribution in [-0.2, 0) is 0 Å². The Balaban J connectivity index is 2.32. The third kappa shape index (κ3) is 2.65. The van der Waals surface area contributed by atoms with Crippen molar-refractivity contribution in [3.8, 4) is 12.1 Å². The van der Waals surface area contributed by atoms with Crippen molar-refractivity contribution in [1.82, 2.24) is 4.90 Å². The second kappa shape index (κ2) is 6.73. The van der Waals surface area contributed by atoms with E-state index in [1.165, 1.54) is 0 Å². The predicted molar refractivity (Wildman–Crippen MR) is 93.4 cm³/mol. The Morgan fingerprint density at radius 2 is 1.83 bits per heavy atom.